The van der Waals surface area contributed by atoms with Crippen molar-refractivity contribution >= 4 is 11.6 Å². The number of anilines is 1. The van der Waals surface area contributed by atoms with E-state index in [2.05, 4.69) is 16.1 Å². The van der Waals surface area contributed by atoms with E-state index in [0.717, 1.165) is 30.1 Å². The average Bonchev–Trinajstić information content (AvgIpc) is 3.23. The van der Waals surface area contributed by atoms with E-state index in [1.54, 1.807) is 7.11 Å². The van der Waals surface area contributed by atoms with E-state index in [4.69, 9.17) is 9.26 Å². The number of hydrogen-bond acceptors (Lipinski definition) is 5. The summed E-state index contributed by atoms with van der Waals surface area (Å²) in [5.41, 5.74) is 2.69. The van der Waals surface area contributed by atoms with Crippen molar-refractivity contribution in [2.45, 2.75) is 6.42 Å². The Kier molecular flexibility index (Phi) is 5.28. The van der Waals surface area contributed by atoms with Gasteiger partial charge in [0.1, 0.15) is 5.75 Å². The number of carbonyl (C=O) groups is 1. The maximum Gasteiger partial charge on any atom is 0.228 e. The van der Waals surface area contributed by atoms with Crippen LogP contribution in [0.3, 0.4) is 0 Å². The van der Waals surface area contributed by atoms with Gasteiger partial charge in [0.15, 0.2) is 5.76 Å². The SMILES string of the molecule is COc1ccccc1N1CCN(C(=O)Cc2cc(-c3ccccc3)on2)CC1. The van der Waals surface area contributed by atoms with E-state index in [1.165, 1.54) is 0 Å². The second kappa shape index (κ2) is 8.17. The summed E-state index contributed by atoms with van der Waals surface area (Å²) in [4.78, 5) is 16.8. The Balaban J connectivity index is 1.35. The Morgan fingerprint density at radius 1 is 1.04 bits per heavy atom. The first-order valence-electron chi connectivity index (χ1n) is 9.41. The standard InChI is InChI=1S/C22H23N3O3/c1-27-20-10-6-5-9-19(20)24-11-13-25(14-12-24)22(26)16-18-15-21(28-23-18)17-7-3-2-4-8-17/h2-10,15H,11-14,16H2,1H3. The zero-order valence-electron chi connectivity index (χ0n) is 15.9. The predicted octanol–water partition coefficient (Wildman–Crippen LogP) is 3.24. The fourth-order valence-electron chi connectivity index (χ4n) is 3.49. The van der Waals surface area contributed by atoms with Gasteiger partial charge in [0, 0.05) is 37.8 Å². The second-order valence-electron chi connectivity index (χ2n) is 6.76. The molecule has 6 heteroatoms. The summed E-state index contributed by atoms with van der Waals surface area (Å²) in [7, 11) is 1.68. The Bertz CT molecular complexity index is 931. The fourth-order valence-corrected chi connectivity index (χ4v) is 3.49. The molecule has 2 heterocycles. The fraction of sp³-hybridized carbons (Fsp3) is 0.273. The predicted molar refractivity (Wildman–Crippen MR) is 107 cm³/mol. The van der Waals surface area contributed by atoms with Crippen LogP contribution in [0.4, 0.5) is 5.69 Å². The summed E-state index contributed by atoms with van der Waals surface area (Å²) in [5, 5.41) is 4.06. The van der Waals surface area contributed by atoms with Crippen LogP contribution in [0, 0.1) is 0 Å². The van der Waals surface area contributed by atoms with Gasteiger partial charge in [-0.25, -0.2) is 0 Å². The van der Waals surface area contributed by atoms with Crippen LogP contribution in [0.5, 0.6) is 5.75 Å². The molecule has 1 aliphatic heterocycles. The number of amides is 1. The van der Waals surface area contributed by atoms with Crippen LogP contribution >= 0.6 is 0 Å². The third-order valence-electron chi connectivity index (χ3n) is 5.01. The minimum Gasteiger partial charge on any atom is -0.495 e. The first-order chi connectivity index (χ1) is 13.7. The monoisotopic (exact) mass is 377 g/mol. The molecule has 1 aliphatic rings. The topological polar surface area (TPSA) is 58.8 Å². The molecule has 1 fully saturated rings. The molecule has 0 aliphatic carbocycles. The maximum atomic E-state index is 12.7. The molecule has 6 nitrogen and oxygen atoms in total. The smallest absolute Gasteiger partial charge is 0.228 e. The molecule has 0 spiro atoms. The lowest BCUT2D eigenvalue weighted by molar-refractivity contribution is -0.130. The summed E-state index contributed by atoms with van der Waals surface area (Å²) in [5.74, 6) is 1.62. The molecule has 0 saturated carbocycles. The van der Waals surface area contributed by atoms with Crippen molar-refractivity contribution in [3.05, 3.63) is 66.4 Å². The highest BCUT2D eigenvalue weighted by Gasteiger charge is 2.23. The quantitative estimate of drug-likeness (QED) is 0.683. The molecule has 1 amide bonds. The number of para-hydroxylation sites is 2. The summed E-state index contributed by atoms with van der Waals surface area (Å²) in [6.45, 7) is 2.92. The molecule has 2 aromatic carbocycles. The van der Waals surface area contributed by atoms with Crippen molar-refractivity contribution in [3.63, 3.8) is 0 Å². The number of ether oxygens (including phenoxy) is 1. The van der Waals surface area contributed by atoms with E-state index in [1.807, 2.05) is 59.5 Å². The van der Waals surface area contributed by atoms with Crippen LogP contribution in [0.25, 0.3) is 11.3 Å². The van der Waals surface area contributed by atoms with Gasteiger partial charge in [0.25, 0.3) is 0 Å². The number of rotatable bonds is 5. The van der Waals surface area contributed by atoms with Crippen molar-refractivity contribution in [1.82, 2.24) is 10.1 Å². The van der Waals surface area contributed by atoms with Crippen LogP contribution in [0.15, 0.2) is 65.2 Å². The third-order valence-corrected chi connectivity index (χ3v) is 5.01. The van der Waals surface area contributed by atoms with Crippen molar-refractivity contribution in [3.8, 4) is 17.1 Å². The van der Waals surface area contributed by atoms with Crippen LogP contribution < -0.4 is 9.64 Å². The molecule has 0 atom stereocenters. The van der Waals surface area contributed by atoms with Gasteiger partial charge in [0.05, 0.1) is 24.9 Å². The van der Waals surface area contributed by atoms with Crippen molar-refractivity contribution < 1.29 is 14.1 Å². The number of nitrogens with zero attached hydrogens (tertiary/aromatic N) is 3. The van der Waals surface area contributed by atoms with Gasteiger partial charge in [0.2, 0.25) is 5.91 Å². The van der Waals surface area contributed by atoms with Crippen LogP contribution in [0.2, 0.25) is 0 Å². The molecule has 144 valence electrons. The van der Waals surface area contributed by atoms with Crippen LogP contribution in [0.1, 0.15) is 5.69 Å². The molecule has 28 heavy (non-hydrogen) atoms. The van der Waals surface area contributed by atoms with E-state index in [9.17, 15) is 4.79 Å². The Hall–Kier alpha value is -3.28. The molecule has 0 bridgehead atoms. The van der Waals surface area contributed by atoms with E-state index in [-0.39, 0.29) is 12.3 Å². The molecule has 1 aromatic heterocycles. The zero-order valence-corrected chi connectivity index (χ0v) is 15.9. The minimum absolute atomic E-state index is 0.0765. The zero-order chi connectivity index (χ0) is 19.3. The first kappa shape index (κ1) is 18.1. The van der Waals surface area contributed by atoms with Gasteiger partial charge in [-0.1, -0.05) is 47.6 Å². The molecule has 4 rings (SSSR count). The maximum absolute atomic E-state index is 12.7. The average molecular weight is 377 g/mol. The van der Waals surface area contributed by atoms with Crippen molar-refractivity contribution in [1.29, 1.82) is 0 Å². The molecule has 0 N–H and O–H groups in total. The highest BCUT2D eigenvalue weighted by Crippen LogP contribution is 2.28. The first-order valence-corrected chi connectivity index (χ1v) is 9.41. The second-order valence-corrected chi connectivity index (χ2v) is 6.76. The lowest BCUT2D eigenvalue weighted by atomic mass is 10.1. The lowest BCUT2D eigenvalue weighted by Gasteiger charge is -2.36. The molecule has 0 unspecified atom stereocenters. The summed E-state index contributed by atoms with van der Waals surface area (Å²) in [6, 6.07) is 19.6. The summed E-state index contributed by atoms with van der Waals surface area (Å²) >= 11 is 0. The number of benzene rings is 2. The summed E-state index contributed by atoms with van der Waals surface area (Å²) in [6.07, 6.45) is 0.255. The Labute approximate surface area is 164 Å². The van der Waals surface area contributed by atoms with Gasteiger partial charge in [-0.2, -0.15) is 0 Å². The number of methoxy groups -OCH3 is 1. The molecule has 1 saturated heterocycles. The molecular formula is C22H23N3O3. The number of hydrogen-bond donors (Lipinski definition) is 0. The highest BCUT2D eigenvalue weighted by molar-refractivity contribution is 5.79. The minimum atomic E-state index is 0.0765. The number of piperazine rings is 1. The Morgan fingerprint density at radius 3 is 2.50 bits per heavy atom. The Morgan fingerprint density at radius 2 is 1.75 bits per heavy atom. The van der Waals surface area contributed by atoms with Crippen molar-refractivity contribution in [2.75, 3.05) is 38.2 Å². The third kappa shape index (κ3) is 3.86. The lowest BCUT2D eigenvalue weighted by Crippen LogP contribution is -2.49. The normalized spacial score (nSPS) is 14.2. The molecular weight excluding hydrogens is 354 g/mol. The van der Waals surface area contributed by atoms with Gasteiger partial charge in [-0.3, -0.25) is 4.79 Å². The highest BCUT2D eigenvalue weighted by atomic mass is 16.5. The summed E-state index contributed by atoms with van der Waals surface area (Å²) < 4.78 is 10.8. The van der Waals surface area contributed by atoms with Crippen LogP contribution in [-0.2, 0) is 11.2 Å². The van der Waals surface area contributed by atoms with E-state index >= 15 is 0 Å². The van der Waals surface area contributed by atoms with Gasteiger partial charge in [-0.05, 0) is 12.1 Å². The van der Waals surface area contributed by atoms with E-state index < -0.39 is 0 Å². The molecule has 3 aromatic rings. The van der Waals surface area contributed by atoms with Crippen LogP contribution in [-0.4, -0.2) is 49.3 Å². The number of aromatic nitrogens is 1. The van der Waals surface area contributed by atoms with E-state index in [0.29, 0.717) is 24.5 Å². The van der Waals surface area contributed by atoms with Gasteiger partial charge in [-0.15, -0.1) is 0 Å². The van der Waals surface area contributed by atoms with Crippen molar-refractivity contribution in [2.24, 2.45) is 0 Å². The molecule has 0 radical (unpaired) electrons. The number of carbonyl (C=O) groups excluding carboxylic acids is 1. The van der Waals surface area contributed by atoms with Gasteiger partial charge < -0.3 is 19.1 Å². The largest absolute Gasteiger partial charge is 0.495 e. The van der Waals surface area contributed by atoms with Gasteiger partial charge >= 0.3 is 0 Å².